The summed E-state index contributed by atoms with van der Waals surface area (Å²) < 4.78 is 5.24. The number of anilines is 3. The molecule has 2 saturated heterocycles. The van der Waals surface area contributed by atoms with Gasteiger partial charge in [0.1, 0.15) is 5.82 Å². The van der Waals surface area contributed by atoms with Crippen LogP contribution in [0.25, 0.3) is 0 Å². The maximum Gasteiger partial charge on any atom is 0.312 e. The average Bonchev–Trinajstić information content (AvgIpc) is 2.80. The highest BCUT2D eigenvalue weighted by atomic mass is 35.5. The van der Waals surface area contributed by atoms with Gasteiger partial charge in [0, 0.05) is 50.0 Å². The molecule has 1 aromatic carbocycles. The predicted molar refractivity (Wildman–Crippen MR) is 118 cm³/mol. The second-order valence-corrected chi connectivity index (χ2v) is 7.97. The van der Waals surface area contributed by atoms with E-state index in [1.54, 1.807) is 21.9 Å². The zero-order chi connectivity index (χ0) is 22.5. The van der Waals surface area contributed by atoms with Gasteiger partial charge in [-0.05, 0) is 24.3 Å². The number of hydrogen-bond acceptors (Lipinski definition) is 9. The third kappa shape index (κ3) is 5.61. The van der Waals surface area contributed by atoms with Crippen molar-refractivity contribution in [1.82, 2.24) is 29.7 Å². The number of piperazine rings is 1. The lowest BCUT2D eigenvalue weighted by molar-refractivity contribution is -0.155. The Kier molecular flexibility index (Phi) is 6.98. The van der Waals surface area contributed by atoms with E-state index in [0.29, 0.717) is 75.8 Å². The molecule has 2 fully saturated rings. The lowest BCUT2D eigenvalue weighted by Crippen LogP contribution is -2.54. The van der Waals surface area contributed by atoms with Crippen LogP contribution in [0, 0.1) is 0 Å². The van der Waals surface area contributed by atoms with E-state index in [2.05, 4.69) is 25.2 Å². The maximum absolute atomic E-state index is 12.6. The van der Waals surface area contributed by atoms with Crippen LogP contribution in [0.5, 0.6) is 0 Å². The van der Waals surface area contributed by atoms with Gasteiger partial charge in [0.25, 0.3) is 0 Å². The number of aromatic nitrogens is 3. The van der Waals surface area contributed by atoms with E-state index in [1.165, 1.54) is 0 Å². The summed E-state index contributed by atoms with van der Waals surface area (Å²) in [5, 5.41) is 3.73. The molecule has 3 heterocycles. The zero-order valence-electron chi connectivity index (χ0n) is 17.5. The molecule has 32 heavy (non-hydrogen) atoms. The topological polar surface area (TPSA) is 130 Å². The number of morpholine rings is 1. The molecule has 11 nitrogen and oxygen atoms in total. The van der Waals surface area contributed by atoms with Crippen molar-refractivity contribution >= 4 is 41.0 Å². The number of halogens is 1. The summed E-state index contributed by atoms with van der Waals surface area (Å²) in [4.78, 5) is 43.1. The summed E-state index contributed by atoms with van der Waals surface area (Å²) in [6, 6.07) is 7.16. The number of rotatable bonds is 4. The van der Waals surface area contributed by atoms with Gasteiger partial charge in [-0.25, -0.2) is 0 Å². The molecule has 2 aliphatic heterocycles. The Morgan fingerprint density at radius 2 is 1.56 bits per heavy atom. The fraction of sp³-hybridized carbons (Fsp3) is 0.450. The van der Waals surface area contributed by atoms with Gasteiger partial charge in [-0.1, -0.05) is 11.6 Å². The largest absolute Gasteiger partial charge is 0.378 e. The fourth-order valence-corrected chi connectivity index (χ4v) is 3.70. The van der Waals surface area contributed by atoms with Gasteiger partial charge < -0.3 is 25.6 Å². The van der Waals surface area contributed by atoms with Gasteiger partial charge in [0.05, 0.1) is 19.8 Å². The molecule has 0 saturated carbocycles. The minimum Gasteiger partial charge on any atom is -0.378 e. The van der Waals surface area contributed by atoms with Crippen LogP contribution in [0.1, 0.15) is 5.82 Å². The summed E-state index contributed by atoms with van der Waals surface area (Å²) in [5.74, 6) is 0.0876. The Hall–Kier alpha value is -3.02. The quantitative estimate of drug-likeness (QED) is 0.620. The minimum atomic E-state index is -0.454. The summed E-state index contributed by atoms with van der Waals surface area (Å²) in [7, 11) is 0. The zero-order valence-corrected chi connectivity index (χ0v) is 18.3. The molecule has 2 aliphatic rings. The first kappa shape index (κ1) is 22.2. The van der Waals surface area contributed by atoms with Crippen molar-refractivity contribution < 1.29 is 14.3 Å². The number of carbonyl (C=O) groups excluding carboxylic acids is 2. The van der Waals surface area contributed by atoms with E-state index in [0.717, 1.165) is 5.69 Å². The Labute approximate surface area is 190 Å². The monoisotopic (exact) mass is 460 g/mol. The van der Waals surface area contributed by atoms with E-state index in [9.17, 15) is 9.59 Å². The van der Waals surface area contributed by atoms with Crippen molar-refractivity contribution in [3.63, 3.8) is 0 Å². The summed E-state index contributed by atoms with van der Waals surface area (Å²) >= 11 is 5.92. The molecule has 2 aromatic rings. The first-order chi connectivity index (χ1) is 15.5. The first-order valence-corrected chi connectivity index (χ1v) is 10.8. The number of nitrogens with two attached hydrogens (primary N) is 1. The molecule has 0 aliphatic carbocycles. The van der Waals surface area contributed by atoms with Crippen LogP contribution in [0.3, 0.4) is 0 Å². The SMILES string of the molecule is Nc1nc(CN2CCN(C(=O)C(=O)N3CCOCC3)CC2)nc(Nc2ccc(Cl)cc2)n1. The molecule has 12 heteroatoms. The molecular formula is C20H25ClN8O3. The first-order valence-electron chi connectivity index (χ1n) is 10.4. The van der Waals surface area contributed by atoms with Crippen LogP contribution in [0.2, 0.25) is 5.02 Å². The number of hydrogen-bond donors (Lipinski definition) is 2. The van der Waals surface area contributed by atoms with Crippen molar-refractivity contribution in [3.05, 3.63) is 35.1 Å². The molecule has 0 radical (unpaired) electrons. The molecule has 0 unspecified atom stereocenters. The molecule has 4 rings (SSSR count). The van der Waals surface area contributed by atoms with Crippen LogP contribution < -0.4 is 11.1 Å². The van der Waals surface area contributed by atoms with Crippen LogP contribution in [0.15, 0.2) is 24.3 Å². The number of carbonyl (C=O) groups is 2. The molecular weight excluding hydrogens is 436 g/mol. The molecule has 3 N–H and O–H groups in total. The van der Waals surface area contributed by atoms with Gasteiger partial charge in [0.2, 0.25) is 11.9 Å². The van der Waals surface area contributed by atoms with Crippen molar-refractivity contribution in [2.75, 3.05) is 63.5 Å². The number of amides is 2. The van der Waals surface area contributed by atoms with Crippen molar-refractivity contribution in [3.8, 4) is 0 Å². The maximum atomic E-state index is 12.6. The number of nitrogens with zero attached hydrogens (tertiary/aromatic N) is 6. The van der Waals surface area contributed by atoms with E-state index < -0.39 is 11.8 Å². The number of ether oxygens (including phenoxy) is 1. The van der Waals surface area contributed by atoms with Crippen LogP contribution in [0.4, 0.5) is 17.6 Å². The van der Waals surface area contributed by atoms with Crippen molar-refractivity contribution in [2.24, 2.45) is 0 Å². The third-order valence-electron chi connectivity index (χ3n) is 5.31. The van der Waals surface area contributed by atoms with E-state index >= 15 is 0 Å². The second kappa shape index (κ2) is 10.1. The molecule has 1 aromatic heterocycles. The highest BCUT2D eigenvalue weighted by Gasteiger charge is 2.30. The Bertz CT molecular complexity index is 960. The lowest BCUT2D eigenvalue weighted by Gasteiger charge is -2.35. The summed E-state index contributed by atoms with van der Waals surface area (Å²) in [5.41, 5.74) is 6.64. The number of benzene rings is 1. The predicted octanol–water partition coefficient (Wildman–Crippen LogP) is 0.354. The van der Waals surface area contributed by atoms with Crippen molar-refractivity contribution in [2.45, 2.75) is 6.54 Å². The summed E-state index contributed by atoms with van der Waals surface area (Å²) in [6.45, 7) is 4.45. The second-order valence-electron chi connectivity index (χ2n) is 7.54. The summed E-state index contributed by atoms with van der Waals surface area (Å²) in [6.07, 6.45) is 0. The van der Waals surface area contributed by atoms with E-state index in [-0.39, 0.29) is 5.95 Å². The Morgan fingerprint density at radius 1 is 0.938 bits per heavy atom. The van der Waals surface area contributed by atoms with Crippen LogP contribution >= 0.6 is 11.6 Å². The average molecular weight is 461 g/mol. The molecule has 0 spiro atoms. The van der Waals surface area contributed by atoms with Crippen LogP contribution in [-0.2, 0) is 20.9 Å². The van der Waals surface area contributed by atoms with E-state index in [1.807, 2.05) is 12.1 Å². The standard InChI is InChI=1S/C20H25ClN8O3/c21-14-1-3-15(4-2-14)23-20-25-16(24-19(22)26-20)13-27-5-7-28(8-6-27)17(30)18(31)29-9-11-32-12-10-29/h1-4H,5-13H2,(H3,22,23,24,25,26). The molecule has 0 bridgehead atoms. The van der Waals surface area contributed by atoms with Crippen molar-refractivity contribution in [1.29, 1.82) is 0 Å². The van der Waals surface area contributed by atoms with Gasteiger partial charge in [-0.3, -0.25) is 14.5 Å². The Morgan fingerprint density at radius 3 is 2.22 bits per heavy atom. The van der Waals surface area contributed by atoms with Gasteiger partial charge >= 0.3 is 11.8 Å². The molecule has 170 valence electrons. The molecule has 2 amide bonds. The minimum absolute atomic E-state index is 0.122. The number of nitrogen functional groups attached to an aromatic ring is 1. The fourth-order valence-electron chi connectivity index (χ4n) is 3.57. The third-order valence-corrected chi connectivity index (χ3v) is 5.56. The van der Waals surface area contributed by atoms with Crippen LogP contribution in [-0.4, -0.2) is 93.9 Å². The smallest absolute Gasteiger partial charge is 0.312 e. The van der Waals surface area contributed by atoms with E-state index in [4.69, 9.17) is 22.1 Å². The highest BCUT2D eigenvalue weighted by Crippen LogP contribution is 2.17. The normalized spacial score (nSPS) is 17.3. The van der Waals surface area contributed by atoms with Gasteiger partial charge in [0.15, 0.2) is 0 Å². The highest BCUT2D eigenvalue weighted by molar-refractivity contribution is 6.35. The Balaban J connectivity index is 1.31. The molecule has 0 atom stereocenters. The van der Waals surface area contributed by atoms with Gasteiger partial charge in [-0.15, -0.1) is 0 Å². The van der Waals surface area contributed by atoms with Gasteiger partial charge in [-0.2, -0.15) is 15.0 Å². The lowest BCUT2D eigenvalue weighted by atomic mass is 10.3. The number of nitrogens with one attached hydrogen (secondary N) is 1.